The molecule has 2 fully saturated rings. The first-order valence-electron chi connectivity index (χ1n) is 10.5. The molecular weight excluding hydrogens is 360 g/mol. The molecule has 1 aromatic rings. The third-order valence-electron chi connectivity index (χ3n) is 5.95. The minimum absolute atomic E-state index is 0.112. The Labute approximate surface area is 168 Å². The highest BCUT2D eigenvalue weighted by Gasteiger charge is 2.27. The number of halogens is 1. The maximum absolute atomic E-state index is 12.8. The van der Waals surface area contributed by atoms with Gasteiger partial charge in [-0.15, -0.1) is 0 Å². The van der Waals surface area contributed by atoms with Gasteiger partial charge < -0.3 is 14.5 Å². The van der Waals surface area contributed by atoms with E-state index in [-0.39, 0.29) is 12.5 Å². The first kappa shape index (κ1) is 20.5. The molecule has 3 rings (SSSR count). The molecule has 2 aliphatic heterocycles. The summed E-state index contributed by atoms with van der Waals surface area (Å²) in [7, 11) is 0. The number of likely N-dealkylation sites (tertiary alicyclic amines) is 2. The van der Waals surface area contributed by atoms with E-state index in [1.165, 1.54) is 38.8 Å². The van der Waals surface area contributed by atoms with E-state index in [0.29, 0.717) is 6.04 Å². The lowest BCUT2D eigenvalue weighted by Gasteiger charge is -2.37. The molecule has 27 heavy (non-hydrogen) atoms. The summed E-state index contributed by atoms with van der Waals surface area (Å²) in [6.07, 6.45) is 8.55. The Balaban J connectivity index is 1.53. The second kappa shape index (κ2) is 9.79. The van der Waals surface area contributed by atoms with Crippen LogP contribution in [0, 0.1) is 13.8 Å². The number of benzene rings is 1. The predicted molar refractivity (Wildman–Crippen MR) is 111 cm³/mol. The number of carbonyl (C=O) groups excluding carboxylic acids is 1. The van der Waals surface area contributed by atoms with Crippen molar-refractivity contribution >= 4 is 17.5 Å². The normalized spacial score (nSPS) is 21.3. The molecule has 0 N–H and O–H groups in total. The summed E-state index contributed by atoms with van der Waals surface area (Å²) in [5.41, 5.74) is 1.97. The Bertz CT molecular complexity index is 620. The molecule has 4 nitrogen and oxygen atoms in total. The number of ether oxygens (including phenoxy) is 1. The molecule has 0 aromatic heterocycles. The zero-order valence-corrected chi connectivity index (χ0v) is 17.6. The highest BCUT2D eigenvalue weighted by molar-refractivity contribution is 6.32. The van der Waals surface area contributed by atoms with Crippen molar-refractivity contribution in [3.05, 3.63) is 28.3 Å². The Morgan fingerprint density at radius 3 is 2.44 bits per heavy atom. The molecule has 2 saturated heterocycles. The van der Waals surface area contributed by atoms with Crippen LogP contribution >= 0.6 is 11.6 Å². The van der Waals surface area contributed by atoms with Crippen molar-refractivity contribution in [2.75, 3.05) is 32.8 Å². The van der Waals surface area contributed by atoms with Crippen LogP contribution in [-0.2, 0) is 4.79 Å². The van der Waals surface area contributed by atoms with Crippen molar-refractivity contribution in [1.29, 1.82) is 0 Å². The van der Waals surface area contributed by atoms with Gasteiger partial charge in [0.2, 0.25) is 0 Å². The van der Waals surface area contributed by atoms with Gasteiger partial charge in [-0.1, -0.05) is 18.0 Å². The summed E-state index contributed by atoms with van der Waals surface area (Å²) < 4.78 is 5.82. The van der Waals surface area contributed by atoms with E-state index in [1.54, 1.807) is 0 Å². The van der Waals surface area contributed by atoms with Gasteiger partial charge in [0.05, 0.1) is 0 Å². The molecule has 5 heteroatoms. The summed E-state index contributed by atoms with van der Waals surface area (Å²) in [6.45, 7) is 8.46. The Morgan fingerprint density at radius 1 is 1.07 bits per heavy atom. The Kier molecular flexibility index (Phi) is 7.42. The average Bonchev–Trinajstić information content (AvgIpc) is 2.69. The second-order valence-electron chi connectivity index (χ2n) is 8.09. The summed E-state index contributed by atoms with van der Waals surface area (Å²) in [6, 6.07) is 4.18. The van der Waals surface area contributed by atoms with E-state index >= 15 is 0 Å². The van der Waals surface area contributed by atoms with Crippen LogP contribution in [0.3, 0.4) is 0 Å². The highest BCUT2D eigenvalue weighted by Crippen LogP contribution is 2.26. The van der Waals surface area contributed by atoms with Crippen LogP contribution in [0.15, 0.2) is 12.1 Å². The van der Waals surface area contributed by atoms with Gasteiger partial charge >= 0.3 is 0 Å². The minimum atomic E-state index is 0.112. The molecule has 150 valence electrons. The van der Waals surface area contributed by atoms with Gasteiger partial charge in [-0.2, -0.15) is 0 Å². The zero-order chi connectivity index (χ0) is 19.2. The van der Waals surface area contributed by atoms with Crippen LogP contribution in [0.25, 0.3) is 0 Å². The van der Waals surface area contributed by atoms with Crippen LogP contribution in [0.4, 0.5) is 0 Å². The molecule has 0 radical (unpaired) electrons. The first-order valence-corrected chi connectivity index (χ1v) is 10.8. The van der Waals surface area contributed by atoms with Crippen LogP contribution in [0.5, 0.6) is 5.75 Å². The van der Waals surface area contributed by atoms with E-state index in [1.807, 2.05) is 26.0 Å². The molecule has 2 aliphatic rings. The first-order chi connectivity index (χ1) is 13.0. The Morgan fingerprint density at radius 2 is 1.74 bits per heavy atom. The lowest BCUT2D eigenvalue weighted by atomic mass is 9.98. The number of rotatable bonds is 6. The quantitative estimate of drug-likeness (QED) is 0.709. The molecule has 1 atom stereocenters. The van der Waals surface area contributed by atoms with E-state index in [9.17, 15) is 4.79 Å². The molecule has 0 saturated carbocycles. The fraction of sp³-hybridized carbons (Fsp3) is 0.682. The number of carbonyl (C=O) groups is 1. The minimum Gasteiger partial charge on any atom is -0.484 e. The van der Waals surface area contributed by atoms with Gasteiger partial charge in [-0.05, 0) is 88.7 Å². The number of hydrogen-bond donors (Lipinski definition) is 0. The average molecular weight is 393 g/mol. The third kappa shape index (κ3) is 5.61. The van der Waals surface area contributed by atoms with E-state index < -0.39 is 0 Å². The summed E-state index contributed by atoms with van der Waals surface area (Å²) in [4.78, 5) is 17.5. The van der Waals surface area contributed by atoms with Gasteiger partial charge in [0.25, 0.3) is 5.91 Å². The number of amides is 1. The van der Waals surface area contributed by atoms with Gasteiger partial charge in [-0.3, -0.25) is 4.79 Å². The van der Waals surface area contributed by atoms with Crippen molar-refractivity contribution in [1.82, 2.24) is 9.80 Å². The van der Waals surface area contributed by atoms with Crippen molar-refractivity contribution in [3.63, 3.8) is 0 Å². The van der Waals surface area contributed by atoms with Crippen molar-refractivity contribution < 1.29 is 9.53 Å². The third-order valence-corrected chi connectivity index (χ3v) is 6.54. The highest BCUT2D eigenvalue weighted by atomic mass is 35.5. The zero-order valence-electron chi connectivity index (χ0n) is 16.8. The SMILES string of the molecule is Cc1cc(OCC(=O)N2CCCC[C@@H]2CCN2CCCCC2)cc(C)c1Cl. The molecule has 0 unspecified atom stereocenters. The molecule has 0 aliphatic carbocycles. The summed E-state index contributed by atoms with van der Waals surface area (Å²) in [5.74, 6) is 0.841. The topological polar surface area (TPSA) is 32.8 Å². The largest absolute Gasteiger partial charge is 0.484 e. The molecule has 1 amide bonds. The van der Waals surface area contributed by atoms with Gasteiger partial charge in [0.15, 0.2) is 6.61 Å². The van der Waals surface area contributed by atoms with Gasteiger partial charge in [0, 0.05) is 24.2 Å². The number of aryl methyl sites for hydroxylation is 2. The predicted octanol–water partition coefficient (Wildman–Crippen LogP) is 4.59. The number of piperidine rings is 2. The van der Waals surface area contributed by atoms with Crippen LogP contribution in [0.2, 0.25) is 5.02 Å². The summed E-state index contributed by atoms with van der Waals surface area (Å²) in [5, 5.41) is 0.766. The number of nitrogens with zero attached hydrogens (tertiary/aromatic N) is 2. The maximum atomic E-state index is 12.8. The fourth-order valence-electron chi connectivity index (χ4n) is 4.36. The van der Waals surface area contributed by atoms with E-state index in [4.69, 9.17) is 16.3 Å². The van der Waals surface area contributed by atoms with Crippen molar-refractivity contribution in [3.8, 4) is 5.75 Å². The molecular formula is C22H33ClN2O2. The van der Waals surface area contributed by atoms with Crippen molar-refractivity contribution in [2.24, 2.45) is 0 Å². The number of hydrogen-bond acceptors (Lipinski definition) is 3. The Hall–Kier alpha value is -1.26. The monoisotopic (exact) mass is 392 g/mol. The van der Waals surface area contributed by atoms with Crippen molar-refractivity contribution in [2.45, 2.75) is 64.8 Å². The second-order valence-corrected chi connectivity index (χ2v) is 8.47. The lowest BCUT2D eigenvalue weighted by molar-refractivity contribution is -0.137. The lowest BCUT2D eigenvalue weighted by Crippen LogP contribution is -2.47. The molecule has 0 spiro atoms. The smallest absolute Gasteiger partial charge is 0.260 e. The van der Waals surface area contributed by atoms with Gasteiger partial charge in [0.1, 0.15) is 5.75 Å². The van der Waals surface area contributed by atoms with Crippen LogP contribution in [0.1, 0.15) is 56.1 Å². The summed E-state index contributed by atoms with van der Waals surface area (Å²) >= 11 is 6.22. The fourth-order valence-corrected chi connectivity index (χ4v) is 4.47. The van der Waals surface area contributed by atoms with Crippen LogP contribution in [-0.4, -0.2) is 54.5 Å². The van der Waals surface area contributed by atoms with E-state index in [2.05, 4.69) is 9.80 Å². The van der Waals surface area contributed by atoms with E-state index in [0.717, 1.165) is 54.3 Å². The van der Waals surface area contributed by atoms with Gasteiger partial charge in [-0.25, -0.2) is 0 Å². The van der Waals surface area contributed by atoms with Crippen LogP contribution < -0.4 is 4.74 Å². The molecule has 0 bridgehead atoms. The standard InChI is InChI=1S/C22H33ClN2O2/c1-17-14-20(15-18(2)22(17)23)27-16-21(26)25-12-7-4-8-19(25)9-13-24-10-5-3-6-11-24/h14-15,19H,3-13,16H2,1-2H3/t19-/m1/s1. The molecule has 1 aromatic carbocycles. The maximum Gasteiger partial charge on any atom is 0.260 e. The molecule has 2 heterocycles.